The third kappa shape index (κ3) is 7.55. The Bertz CT molecular complexity index is 1760. The maximum Gasteiger partial charge on any atom is 0.227 e. The van der Waals surface area contributed by atoms with Gasteiger partial charge in [-0.05, 0) is 71.9 Å². The zero-order valence-corrected chi connectivity index (χ0v) is 32.1. The molecule has 0 spiro atoms. The van der Waals surface area contributed by atoms with Gasteiger partial charge in [0.25, 0.3) is 0 Å². The van der Waals surface area contributed by atoms with E-state index in [1.807, 2.05) is 0 Å². The van der Waals surface area contributed by atoms with Gasteiger partial charge in [0, 0.05) is 34.1 Å². The van der Waals surface area contributed by atoms with Crippen LogP contribution in [0.3, 0.4) is 0 Å². The number of hydrogen-bond donors (Lipinski definition) is 0. The molecule has 266 valence electrons. The third-order valence-corrected chi connectivity index (χ3v) is 11.4. The molecule has 0 fully saturated rings. The molecule has 2 heterocycles. The first-order valence-electron chi connectivity index (χ1n) is 19.3. The minimum atomic E-state index is -0.0295. The molecule has 0 aliphatic carbocycles. The van der Waals surface area contributed by atoms with E-state index in [0.717, 1.165) is 59.0 Å². The number of allylic oxidation sites excluding steroid dienone is 2. The fourth-order valence-electron chi connectivity index (χ4n) is 7.14. The highest BCUT2D eigenvalue weighted by atomic mass is 16.4. The molecule has 0 radical (unpaired) electrons. The number of nitrogens with zero attached hydrogens (tertiary/aromatic N) is 2. The molecule has 2 unspecified atom stereocenters. The smallest absolute Gasteiger partial charge is 0.227 e. The summed E-state index contributed by atoms with van der Waals surface area (Å²) in [5, 5.41) is 0. The summed E-state index contributed by atoms with van der Waals surface area (Å²) in [6.45, 7) is 26.5. The lowest BCUT2D eigenvalue weighted by Gasteiger charge is -2.24. The molecular weight excluding hydrogens is 613 g/mol. The van der Waals surface area contributed by atoms with Crippen LogP contribution in [-0.2, 0) is 10.8 Å². The number of aromatic nitrogens is 2. The second kappa shape index (κ2) is 16.0. The van der Waals surface area contributed by atoms with Gasteiger partial charge >= 0.3 is 0 Å². The van der Waals surface area contributed by atoms with Crippen molar-refractivity contribution in [2.75, 3.05) is 0 Å². The molecular formula is C46H60N2O2. The molecule has 0 N–H and O–H groups in total. The highest BCUT2D eigenvalue weighted by Gasteiger charge is 2.28. The fourth-order valence-corrected chi connectivity index (χ4v) is 7.14. The van der Waals surface area contributed by atoms with Gasteiger partial charge in [0.2, 0.25) is 11.8 Å². The molecule has 0 saturated carbocycles. The molecule has 2 aromatic heterocycles. The Balaban J connectivity index is 1.57. The van der Waals surface area contributed by atoms with E-state index in [0.29, 0.717) is 11.8 Å². The highest BCUT2D eigenvalue weighted by molar-refractivity contribution is 5.86. The summed E-state index contributed by atoms with van der Waals surface area (Å²) in [7, 11) is 0. The summed E-state index contributed by atoms with van der Waals surface area (Å²) < 4.78 is 13.4. The van der Waals surface area contributed by atoms with Crippen LogP contribution in [0.4, 0.5) is 0 Å². The van der Waals surface area contributed by atoms with Crippen molar-refractivity contribution in [2.24, 2.45) is 0 Å². The van der Waals surface area contributed by atoms with E-state index < -0.39 is 0 Å². The number of fused-ring (bicyclic) bond motifs is 2. The number of oxazole rings is 2. The molecule has 0 amide bonds. The lowest BCUT2D eigenvalue weighted by molar-refractivity contribution is 0.509. The molecule has 4 nitrogen and oxygen atoms in total. The second-order valence-electron chi connectivity index (χ2n) is 15.5. The van der Waals surface area contributed by atoms with Gasteiger partial charge < -0.3 is 8.83 Å². The molecule has 4 heteroatoms. The van der Waals surface area contributed by atoms with E-state index in [9.17, 15) is 0 Å². The summed E-state index contributed by atoms with van der Waals surface area (Å²) >= 11 is 0. The first kappa shape index (κ1) is 37.3. The van der Waals surface area contributed by atoms with Crippen LogP contribution in [-0.4, -0.2) is 9.97 Å². The molecule has 5 aromatic rings. The van der Waals surface area contributed by atoms with Gasteiger partial charge in [0.1, 0.15) is 11.0 Å². The fraction of sp³-hybridized carbons (Fsp3) is 0.478. The Morgan fingerprint density at radius 3 is 1.28 bits per heavy atom. The minimum absolute atomic E-state index is 0.0295. The van der Waals surface area contributed by atoms with E-state index in [2.05, 4.69) is 129 Å². The Labute approximate surface area is 301 Å². The first-order valence-corrected chi connectivity index (χ1v) is 19.3. The summed E-state index contributed by atoms with van der Waals surface area (Å²) in [4.78, 5) is 10.4. The molecule has 0 bridgehead atoms. The second-order valence-corrected chi connectivity index (χ2v) is 15.5. The van der Waals surface area contributed by atoms with Gasteiger partial charge in [-0.25, -0.2) is 9.97 Å². The number of hydrogen-bond acceptors (Lipinski definition) is 4. The van der Waals surface area contributed by atoms with Crippen molar-refractivity contribution >= 4 is 22.2 Å². The Kier molecular flexibility index (Phi) is 11.9. The standard InChI is InChI=1S/C46H60N2O2/c1-11-17-19-21-31(13-3)35-27-29-37(45(7,8)15-5)39-41(35)49-43(47-39)33-23-25-34(26-24-33)44-48-40-38(46(9,10)16-6)30-28-36(42(40)50-44)32(14-4)22-20-18-12-2/h13-14,23-32H,3-4,11-12,15-22H2,1-2,5-10H3. The van der Waals surface area contributed by atoms with E-state index >= 15 is 0 Å². The minimum Gasteiger partial charge on any atom is -0.436 e. The van der Waals surface area contributed by atoms with Crippen LogP contribution < -0.4 is 0 Å². The number of benzene rings is 3. The number of rotatable bonds is 18. The molecule has 0 saturated heterocycles. The van der Waals surface area contributed by atoms with Crippen molar-refractivity contribution in [3.05, 3.63) is 96.1 Å². The summed E-state index contributed by atoms with van der Waals surface area (Å²) in [5.74, 6) is 1.72. The maximum atomic E-state index is 6.70. The predicted molar refractivity (Wildman–Crippen MR) is 213 cm³/mol. The van der Waals surface area contributed by atoms with Crippen molar-refractivity contribution in [3.63, 3.8) is 0 Å². The molecule has 0 aliphatic heterocycles. The van der Waals surface area contributed by atoms with Crippen LogP contribution in [0.2, 0.25) is 0 Å². The van der Waals surface area contributed by atoms with Gasteiger partial charge in [-0.15, -0.1) is 13.2 Å². The van der Waals surface area contributed by atoms with E-state index in [4.69, 9.17) is 18.8 Å². The van der Waals surface area contributed by atoms with Gasteiger partial charge in [-0.3, -0.25) is 0 Å². The van der Waals surface area contributed by atoms with Gasteiger partial charge in [-0.2, -0.15) is 0 Å². The average Bonchev–Trinajstić information content (AvgIpc) is 3.78. The SMILES string of the molecule is C=CC(CCCCC)c1ccc(C(C)(C)CC)c2nc(-c3ccc(-c4nc5c(C(C)(C)CC)ccc(C(C=C)CCCCC)c5o4)cc3)oc12. The first-order chi connectivity index (χ1) is 24.0. The van der Waals surface area contributed by atoms with Crippen LogP contribution in [0.1, 0.15) is 154 Å². The van der Waals surface area contributed by atoms with Gasteiger partial charge in [0.05, 0.1) is 0 Å². The molecule has 3 aromatic carbocycles. The Morgan fingerprint density at radius 2 is 0.960 bits per heavy atom. The van der Waals surface area contributed by atoms with Gasteiger partial charge in [-0.1, -0.05) is 130 Å². The van der Waals surface area contributed by atoms with Crippen molar-refractivity contribution < 1.29 is 8.83 Å². The van der Waals surface area contributed by atoms with Crippen LogP contribution >= 0.6 is 0 Å². The van der Waals surface area contributed by atoms with E-state index in [-0.39, 0.29) is 22.7 Å². The summed E-state index contributed by atoms with van der Waals surface area (Å²) in [6, 6.07) is 17.4. The van der Waals surface area contributed by atoms with E-state index in [1.54, 1.807) is 0 Å². The van der Waals surface area contributed by atoms with Crippen molar-refractivity contribution in [1.82, 2.24) is 9.97 Å². The normalized spacial score (nSPS) is 13.6. The van der Waals surface area contributed by atoms with Crippen molar-refractivity contribution in [3.8, 4) is 22.9 Å². The molecule has 50 heavy (non-hydrogen) atoms. The number of unbranched alkanes of at least 4 members (excludes halogenated alkanes) is 4. The van der Waals surface area contributed by atoms with Crippen LogP contribution in [0.15, 0.2) is 82.7 Å². The Morgan fingerprint density at radius 1 is 0.580 bits per heavy atom. The van der Waals surface area contributed by atoms with Crippen molar-refractivity contribution in [2.45, 2.75) is 142 Å². The summed E-state index contributed by atoms with van der Waals surface area (Å²) in [5.41, 5.74) is 10.3. The average molecular weight is 673 g/mol. The quantitative estimate of drug-likeness (QED) is 0.0686. The highest BCUT2D eigenvalue weighted by Crippen LogP contribution is 2.42. The molecule has 0 aliphatic rings. The maximum absolute atomic E-state index is 6.70. The third-order valence-electron chi connectivity index (χ3n) is 11.4. The van der Waals surface area contributed by atoms with Crippen LogP contribution in [0.5, 0.6) is 0 Å². The van der Waals surface area contributed by atoms with Gasteiger partial charge in [0.15, 0.2) is 11.2 Å². The summed E-state index contributed by atoms with van der Waals surface area (Å²) in [6.07, 6.45) is 15.5. The monoisotopic (exact) mass is 672 g/mol. The zero-order chi connectivity index (χ0) is 36.1. The molecule has 2 atom stereocenters. The van der Waals surface area contributed by atoms with E-state index in [1.165, 1.54) is 60.8 Å². The largest absolute Gasteiger partial charge is 0.436 e. The van der Waals surface area contributed by atoms with Crippen LogP contribution in [0, 0.1) is 0 Å². The zero-order valence-electron chi connectivity index (χ0n) is 32.1. The predicted octanol–water partition coefficient (Wildman–Crippen LogP) is 14.4. The van der Waals surface area contributed by atoms with Crippen molar-refractivity contribution in [1.29, 1.82) is 0 Å². The lowest BCUT2D eigenvalue weighted by Crippen LogP contribution is -2.16. The lowest BCUT2D eigenvalue weighted by atomic mass is 9.80. The van der Waals surface area contributed by atoms with Crippen LogP contribution in [0.25, 0.3) is 45.1 Å². The Hall–Kier alpha value is -3.92. The topological polar surface area (TPSA) is 52.1 Å². The molecule has 5 rings (SSSR count).